The Balaban J connectivity index is 0.000000251. The molecule has 4 aromatic rings. The van der Waals surface area contributed by atoms with Crippen molar-refractivity contribution in [3.8, 4) is 34.5 Å². The van der Waals surface area contributed by atoms with E-state index < -0.39 is 6.61 Å². The number of allylic oxidation sites excluding steroid dienone is 2. The van der Waals surface area contributed by atoms with Crippen molar-refractivity contribution in [2.75, 3.05) is 21.3 Å². The van der Waals surface area contributed by atoms with Gasteiger partial charge in [-0.3, -0.25) is 9.59 Å². The molecule has 4 rings (SSSR count). The summed E-state index contributed by atoms with van der Waals surface area (Å²) in [5.41, 5.74) is 3.78. The smallest absolute Gasteiger partial charge is 0.186 e. The number of aliphatic hydroxyl groups excluding tert-OH is 2. The summed E-state index contributed by atoms with van der Waals surface area (Å²) >= 11 is 0. The second-order valence-electron chi connectivity index (χ2n) is 9.90. The predicted molar refractivity (Wildman–Crippen MR) is 174 cm³/mol. The third kappa shape index (κ3) is 8.98. The minimum atomic E-state index is -0.414. The van der Waals surface area contributed by atoms with E-state index in [1.54, 1.807) is 31.4 Å². The molecule has 0 atom stereocenters. The zero-order valence-corrected chi connectivity index (χ0v) is 25.9. The number of methoxy groups -OCH3 is 3. The van der Waals surface area contributed by atoms with Gasteiger partial charge in [-0.2, -0.15) is 0 Å². The maximum Gasteiger partial charge on any atom is 0.186 e. The quantitative estimate of drug-likeness (QED) is 0.104. The molecule has 0 unspecified atom stereocenters. The molecule has 0 amide bonds. The molecule has 0 aliphatic carbocycles. The van der Waals surface area contributed by atoms with Crippen LogP contribution in [0.3, 0.4) is 0 Å². The van der Waals surface area contributed by atoms with Gasteiger partial charge in [-0.15, -0.1) is 0 Å². The lowest BCUT2D eigenvalue weighted by molar-refractivity contribution is 0.103. The van der Waals surface area contributed by atoms with Gasteiger partial charge in [-0.25, -0.2) is 0 Å². The summed E-state index contributed by atoms with van der Waals surface area (Å²) in [5, 5.41) is 47.3. The Labute approximate surface area is 266 Å². The molecule has 10 heteroatoms. The average Bonchev–Trinajstić information content (AvgIpc) is 3.07. The third-order valence-electron chi connectivity index (χ3n) is 6.85. The van der Waals surface area contributed by atoms with E-state index in [-0.39, 0.29) is 52.3 Å². The summed E-state index contributed by atoms with van der Waals surface area (Å²) in [6.45, 7) is 1.22. The van der Waals surface area contributed by atoms with Crippen LogP contribution in [0, 0.1) is 6.92 Å². The zero-order chi connectivity index (χ0) is 33.8. The lowest BCUT2D eigenvalue weighted by Crippen LogP contribution is -1.99. The second kappa shape index (κ2) is 16.5. The van der Waals surface area contributed by atoms with E-state index in [2.05, 4.69) is 0 Å². The maximum absolute atomic E-state index is 12.3. The van der Waals surface area contributed by atoms with Crippen LogP contribution in [0.15, 0.2) is 78.9 Å². The number of carbonyl (C=O) groups is 2. The number of benzene rings is 4. The van der Waals surface area contributed by atoms with Crippen molar-refractivity contribution in [3.05, 3.63) is 118 Å². The fourth-order valence-corrected chi connectivity index (χ4v) is 4.22. The molecule has 0 aromatic heterocycles. The normalized spacial score (nSPS) is 10.8. The van der Waals surface area contributed by atoms with E-state index in [1.807, 2.05) is 25.1 Å². The summed E-state index contributed by atoms with van der Waals surface area (Å²) < 4.78 is 15.3. The van der Waals surface area contributed by atoms with Crippen LogP contribution in [0.4, 0.5) is 0 Å². The van der Waals surface area contributed by atoms with E-state index in [9.17, 15) is 30.0 Å². The van der Waals surface area contributed by atoms with Crippen LogP contribution in [0.2, 0.25) is 0 Å². The lowest BCUT2D eigenvalue weighted by Gasteiger charge is -2.09. The van der Waals surface area contributed by atoms with E-state index >= 15 is 0 Å². The van der Waals surface area contributed by atoms with Crippen LogP contribution in [-0.2, 0) is 13.2 Å². The van der Waals surface area contributed by atoms with Gasteiger partial charge in [-0.05, 0) is 84.3 Å². The van der Waals surface area contributed by atoms with Gasteiger partial charge in [0.15, 0.2) is 34.6 Å². The Morgan fingerprint density at radius 3 is 1.72 bits per heavy atom. The molecule has 0 spiro atoms. The first-order valence-corrected chi connectivity index (χ1v) is 13.9. The standard InChI is InChI=1S/C18H18O6.C18H18O4/c1-23-16-7-11(4-6-15(16)21)3-5-14(20)12-8-13(10-19)18(22)17(9-12)24-2;1-12-3-4-13(9-18(12)22-2)5-7-16(20)14-6-8-17(21)15(10-14)11-19/h3-9,19,21-22H,10H2,1-2H3;3-10,19,21H,11H2,1-2H3/b5-3+;7-5+. The first-order valence-electron chi connectivity index (χ1n) is 13.9. The molecule has 46 heavy (non-hydrogen) atoms. The second-order valence-corrected chi connectivity index (χ2v) is 9.90. The van der Waals surface area contributed by atoms with Gasteiger partial charge in [0.05, 0.1) is 34.5 Å². The Morgan fingerprint density at radius 1 is 0.609 bits per heavy atom. The van der Waals surface area contributed by atoms with Crippen molar-refractivity contribution in [1.29, 1.82) is 0 Å². The molecule has 0 aliphatic heterocycles. The monoisotopic (exact) mass is 628 g/mol. The molecule has 0 radical (unpaired) electrons. The summed E-state index contributed by atoms with van der Waals surface area (Å²) in [7, 11) is 4.41. The number of aliphatic hydroxyl groups is 2. The Bertz CT molecular complexity index is 1730. The number of hydrogen-bond donors (Lipinski definition) is 5. The highest BCUT2D eigenvalue weighted by atomic mass is 16.5. The average molecular weight is 629 g/mol. The number of aryl methyl sites for hydroxylation is 1. The predicted octanol–water partition coefficient (Wildman–Crippen LogP) is 5.60. The van der Waals surface area contributed by atoms with Crippen LogP contribution in [0.5, 0.6) is 34.5 Å². The highest BCUT2D eigenvalue weighted by Gasteiger charge is 2.13. The Morgan fingerprint density at radius 2 is 1.13 bits per heavy atom. The molecule has 240 valence electrons. The van der Waals surface area contributed by atoms with Crippen molar-refractivity contribution >= 4 is 23.7 Å². The molecule has 0 saturated heterocycles. The topological polar surface area (TPSA) is 163 Å². The van der Waals surface area contributed by atoms with E-state index in [0.29, 0.717) is 22.4 Å². The molecule has 0 bridgehead atoms. The largest absolute Gasteiger partial charge is 0.508 e. The Kier molecular flexibility index (Phi) is 12.5. The molecular weight excluding hydrogens is 592 g/mol. The number of rotatable bonds is 11. The number of carbonyl (C=O) groups excluding carboxylic acids is 2. The number of phenols is 3. The van der Waals surface area contributed by atoms with Gasteiger partial charge in [0.2, 0.25) is 0 Å². The van der Waals surface area contributed by atoms with Crippen molar-refractivity contribution < 1.29 is 49.3 Å². The minimum absolute atomic E-state index is 0.0110. The maximum atomic E-state index is 12.3. The number of phenolic OH excluding ortho intramolecular Hbond substituents is 1. The summed E-state index contributed by atoms with van der Waals surface area (Å²) in [6, 6.07) is 17.6. The van der Waals surface area contributed by atoms with Gasteiger partial charge in [0.1, 0.15) is 11.5 Å². The summed E-state index contributed by atoms with van der Waals surface area (Å²) in [4.78, 5) is 24.4. The van der Waals surface area contributed by atoms with Crippen LogP contribution in [-0.4, -0.2) is 58.4 Å². The van der Waals surface area contributed by atoms with E-state index in [4.69, 9.17) is 19.3 Å². The summed E-state index contributed by atoms with van der Waals surface area (Å²) in [6.07, 6.45) is 6.08. The summed E-state index contributed by atoms with van der Waals surface area (Å²) in [5.74, 6) is 0.459. The highest BCUT2D eigenvalue weighted by Crippen LogP contribution is 2.32. The number of hydrogen-bond acceptors (Lipinski definition) is 10. The van der Waals surface area contributed by atoms with Crippen LogP contribution >= 0.6 is 0 Å². The molecule has 0 fully saturated rings. The van der Waals surface area contributed by atoms with Gasteiger partial charge < -0.3 is 39.7 Å². The van der Waals surface area contributed by atoms with Gasteiger partial charge in [0.25, 0.3) is 0 Å². The van der Waals surface area contributed by atoms with Crippen LogP contribution < -0.4 is 14.2 Å². The van der Waals surface area contributed by atoms with Crippen LogP contribution in [0.25, 0.3) is 12.2 Å². The molecule has 0 saturated carbocycles. The number of ether oxygens (including phenoxy) is 3. The van der Waals surface area contributed by atoms with E-state index in [0.717, 1.165) is 16.9 Å². The molecule has 4 aromatic carbocycles. The SMILES string of the molecule is COc1cc(/C=C/C(=O)c2cc(CO)c(O)c(OC)c2)ccc1O.COc1cc(/C=C/C(=O)c2ccc(O)c(CO)c2)ccc1C. The lowest BCUT2D eigenvalue weighted by atomic mass is 10.0. The number of aromatic hydroxyl groups is 3. The number of ketones is 2. The van der Waals surface area contributed by atoms with E-state index in [1.165, 1.54) is 62.8 Å². The fourth-order valence-electron chi connectivity index (χ4n) is 4.22. The van der Waals surface area contributed by atoms with Crippen LogP contribution in [0.1, 0.15) is 48.5 Å². The van der Waals surface area contributed by atoms with Gasteiger partial charge in [0, 0.05) is 22.3 Å². The molecule has 10 nitrogen and oxygen atoms in total. The van der Waals surface area contributed by atoms with Crippen molar-refractivity contribution in [2.45, 2.75) is 20.1 Å². The van der Waals surface area contributed by atoms with Crippen molar-refractivity contribution in [3.63, 3.8) is 0 Å². The zero-order valence-electron chi connectivity index (χ0n) is 25.9. The minimum Gasteiger partial charge on any atom is -0.508 e. The third-order valence-corrected chi connectivity index (χ3v) is 6.85. The van der Waals surface area contributed by atoms with Gasteiger partial charge >= 0.3 is 0 Å². The van der Waals surface area contributed by atoms with Gasteiger partial charge in [-0.1, -0.05) is 30.4 Å². The molecule has 0 aliphatic rings. The molecular formula is C36H36O10. The highest BCUT2D eigenvalue weighted by molar-refractivity contribution is 6.07. The molecule has 5 N–H and O–H groups in total. The Hall–Kier alpha value is -5.58. The fraction of sp³-hybridized carbons (Fsp3) is 0.167. The van der Waals surface area contributed by atoms with Crippen molar-refractivity contribution in [1.82, 2.24) is 0 Å². The first kappa shape index (κ1) is 34.9. The van der Waals surface area contributed by atoms with Crippen molar-refractivity contribution in [2.24, 2.45) is 0 Å². The first-order chi connectivity index (χ1) is 22.0. The molecule has 0 heterocycles.